The largest absolute Gasteiger partial charge is 0.494 e. The molecule has 158 valence electrons. The third-order valence-electron chi connectivity index (χ3n) is 7.71. The monoisotopic (exact) mass is 400 g/mol. The van der Waals surface area contributed by atoms with Gasteiger partial charge >= 0.3 is 0 Å². The van der Waals surface area contributed by atoms with Crippen LogP contribution in [0.4, 0.5) is 0 Å². The molecule has 0 amide bonds. The second-order valence-electron chi connectivity index (χ2n) is 9.67. The third-order valence-corrected chi connectivity index (χ3v) is 11.4. The summed E-state index contributed by atoms with van der Waals surface area (Å²) < 4.78 is 5.54. The molecule has 0 atom stereocenters. The molecule has 1 saturated heterocycles. The zero-order valence-electron chi connectivity index (χ0n) is 18.6. The highest BCUT2D eigenvalue weighted by Crippen LogP contribution is 2.42. The molecular weight excluding hydrogens is 356 g/mol. The maximum absolute atomic E-state index is 5.54. The van der Waals surface area contributed by atoms with Crippen LogP contribution in [0, 0.1) is 17.8 Å². The van der Waals surface area contributed by atoms with Crippen LogP contribution in [0.1, 0.15) is 83.6 Å². The van der Waals surface area contributed by atoms with Gasteiger partial charge in [-0.25, -0.2) is 0 Å². The van der Waals surface area contributed by atoms with Gasteiger partial charge in [-0.05, 0) is 68.1 Å². The van der Waals surface area contributed by atoms with Gasteiger partial charge in [0, 0.05) is 8.80 Å². The van der Waals surface area contributed by atoms with Crippen LogP contribution in [0.3, 0.4) is 0 Å². The van der Waals surface area contributed by atoms with Gasteiger partial charge in [0.25, 0.3) is 0 Å². The lowest BCUT2D eigenvalue weighted by Gasteiger charge is -2.37. The van der Waals surface area contributed by atoms with Gasteiger partial charge in [-0.1, -0.05) is 82.1 Å². The zero-order valence-corrected chi connectivity index (χ0v) is 19.8. The Hall–Kier alpha value is -0.763. The summed E-state index contributed by atoms with van der Waals surface area (Å²) in [4.78, 5) is 0. The van der Waals surface area contributed by atoms with Gasteiger partial charge in [0.1, 0.15) is 5.75 Å². The Kier molecular flexibility index (Phi) is 9.44. The van der Waals surface area contributed by atoms with E-state index in [2.05, 4.69) is 31.2 Å². The van der Waals surface area contributed by atoms with Crippen molar-refractivity contribution < 1.29 is 4.74 Å². The summed E-state index contributed by atoms with van der Waals surface area (Å²) in [5, 5.41) is 0. The number of unbranched alkanes of at least 4 members (excludes halogenated alkanes) is 1. The van der Waals surface area contributed by atoms with Crippen molar-refractivity contribution in [2.24, 2.45) is 17.8 Å². The van der Waals surface area contributed by atoms with Crippen molar-refractivity contribution in [2.75, 3.05) is 6.61 Å². The topological polar surface area (TPSA) is 9.23 Å². The van der Waals surface area contributed by atoms with E-state index < -0.39 is 0 Å². The Morgan fingerprint density at radius 3 is 2.18 bits per heavy atom. The van der Waals surface area contributed by atoms with E-state index in [-0.39, 0.29) is 8.80 Å². The minimum absolute atomic E-state index is 0.290. The van der Waals surface area contributed by atoms with Crippen molar-refractivity contribution in [1.82, 2.24) is 0 Å². The van der Waals surface area contributed by atoms with Gasteiger partial charge in [0.2, 0.25) is 0 Å². The highest BCUT2D eigenvalue weighted by molar-refractivity contribution is 6.58. The van der Waals surface area contributed by atoms with Gasteiger partial charge < -0.3 is 4.74 Å². The fourth-order valence-electron chi connectivity index (χ4n) is 5.99. The Morgan fingerprint density at radius 2 is 1.54 bits per heavy atom. The minimum Gasteiger partial charge on any atom is -0.494 e. The summed E-state index contributed by atoms with van der Waals surface area (Å²) in [5.41, 5.74) is 1.47. The van der Waals surface area contributed by atoms with E-state index in [4.69, 9.17) is 4.74 Å². The van der Waals surface area contributed by atoms with Crippen LogP contribution in [0.15, 0.2) is 24.3 Å². The second kappa shape index (κ2) is 12.1. The molecule has 0 aromatic heterocycles. The molecule has 1 heterocycles. The Bertz CT molecular complexity index is 524. The molecule has 1 aromatic rings. The summed E-state index contributed by atoms with van der Waals surface area (Å²) in [5.74, 6) is 4.24. The summed E-state index contributed by atoms with van der Waals surface area (Å²) in [6, 6.07) is 13.7. The van der Waals surface area contributed by atoms with Crippen molar-refractivity contribution in [3.63, 3.8) is 0 Å². The number of ether oxygens (including phenoxy) is 1. The molecule has 0 unspecified atom stereocenters. The number of hydrogen-bond donors (Lipinski definition) is 0. The predicted octanol–water partition coefficient (Wildman–Crippen LogP) is 7.65. The van der Waals surface area contributed by atoms with Crippen molar-refractivity contribution >= 4 is 8.80 Å². The van der Waals surface area contributed by atoms with Crippen LogP contribution in [0.25, 0.3) is 0 Å². The average Bonchev–Trinajstić information content (AvgIpc) is 2.74. The number of aryl methyl sites for hydroxylation is 1. The van der Waals surface area contributed by atoms with E-state index in [0.717, 1.165) is 30.1 Å². The molecule has 1 nitrogen and oxygen atoms in total. The molecule has 0 N–H and O–H groups in total. The summed E-state index contributed by atoms with van der Waals surface area (Å²) >= 11 is 0. The molecule has 1 saturated carbocycles. The summed E-state index contributed by atoms with van der Waals surface area (Å²) in [7, 11) is -0.290. The lowest BCUT2D eigenvalue weighted by Crippen LogP contribution is -2.28. The molecule has 0 bridgehead atoms. The first-order valence-corrected chi connectivity index (χ1v) is 14.9. The van der Waals surface area contributed by atoms with Crippen LogP contribution in [-0.2, 0) is 6.42 Å². The molecule has 1 aliphatic heterocycles. The third kappa shape index (κ3) is 6.93. The summed E-state index contributed by atoms with van der Waals surface area (Å²) in [6.07, 6.45) is 16.3. The normalized spacial score (nSPS) is 28.2. The molecule has 1 aliphatic carbocycles. The van der Waals surface area contributed by atoms with Crippen LogP contribution in [-0.4, -0.2) is 15.4 Å². The van der Waals surface area contributed by atoms with E-state index in [0.29, 0.717) is 0 Å². The molecule has 3 rings (SSSR count). The van der Waals surface area contributed by atoms with Crippen LogP contribution in [0.5, 0.6) is 5.75 Å². The zero-order chi connectivity index (χ0) is 19.6. The maximum atomic E-state index is 5.54. The quantitative estimate of drug-likeness (QED) is 0.289. The van der Waals surface area contributed by atoms with Crippen molar-refractivity contribution in [3.05, 3.63) is 29.8 Å². The van der Waals surface area contributed by atoms with E-state index in [9.17, 15) is 0 Å². The van der Waals surface area contributed by atoms with Gasteiger partial charge in [-0.3, -0.25) is 0 Å². The predicted molar refractivity (Wildman–Crippen MR) is 125 cm³/mol. The summed E-state index contributed by atoms with van der Waals surface area (Å²) in [6.45, 7) is 5.18. The van der Waals surface area contributed by atoms with Gasteiger partial charge in [-0.15, -0.1) is 0 Å². The first-order chi connectivity index (χ1) is 13.8. The van der Waals surface area contributed by atoms with Gasteiger partial charge in [0.05, 0.1) is 6.61 Å². The van der Waals surface area contributed by atoms with E-state index in [1.807, 2.05) is 6.92 Å². The van der Waals surface area contributed by atoms with Crippen molar-refractivity contribution in [2.45, 2.75) is 103 Å². The fraction of sp³-hybridized carbons (Fsp3) is 0.769. The first-order valence-electron chi connectivity index (χ1n) is 12.5. The van der Waals surface area contributed by atoms with E-state index in [1.165, 1.54) is 50.5 Å². The smallest absolute Gasteiger partial charge is 0.119 e. The minimum atomic E-state index is -0.290. The van der Waals surface area contributed by atoms with E-state index >= 15 is 0 Å². The standard InChI is InChI=1S/C26H44OSi/c1-3-19-28-20-17-25(18-21-28)24-13-9-22(10-14-24)7-5-6-8-23-11-15-26(16-12-23)27-4-2/h11-12,15-16,22,24-25,28H,3-10,13-14,17-21H2,1-2H3/t22-,24-,25-,28-. The molecule has 2 aliphatic rings. The highest BCUT2D eigenvalue weighted by Gasteiger charge is 2.30. The van der Waals surface area contributed by atoms with Gasteiger partial charge in [-0.2, -0.15) is 0 Å². The molecule has 1 aromatic carbocycles. The van der Waals surface area contributed by atoms with Gasteiger partial charge in [0.15, 0.2) is 0 Å². The van der Waals surface area contributed by atoms with E-state index in [1.54, 1.807) is 43.8 Å². The molecule has 0 radical (unpaired) electrons. The Labute approximate surface area is 176 Å². The molecule has 28 heavy (non-hydrogen) atoms. The second-order valence-corrected chi connectivity index (χ2v) is 13.1. The maximum Gasteiger partial charge on any atom is 0.119 e. The van der Waals surface area contributed by atoms with Crippen molar-refractivity contribution in [3.8, 4) is 5.75 Å². The molecule has 2 fully saturated rings. The number of benzene rings is 1. The number of rotatable bonds is 10. The van der Waals surface area contributed by atoms with Crippen LogP contribution < -0.4 is 4.74 Å². The van der Waals surface area contributed by atoms with Crippen molar-refractivity contribution in [1.29, 1.82) is 0 Å². The fourth-order valence-corrected chi connectivity index (χ4v) is 9.47. The number of hydrogen-bond acceptors (Lipinski definition) is 1. The van der Waals surface area contributed by atoms with Crippen LogP contribution in [0.2, 0.25) is 18.1 Å². The first kappa shape index (κ1) is 21.9. The molecule has 0 spiro atoms. The average molecular weight is 401 g/mol. The molecular formula is C26H44OSi. The highest BCUT2D eigenvalue weighted by atomic mass is 28.3. The van der Waals surface area contributed by atoms with Crippen LogP contribution >= 0.6 is 0 Å². The lowest BCUT2D eigenvalue weighted by molar-refractivity contribution is 0.184. The molecule has 2 heteroatoms. The lowest BCUT2D eigenvalue weighted by atomic mass is 9.73. The Morgan fingerprint density at radius 1 is 0.857 bits per heavy atom. The Balaban J connectivity index is 1.27. The SMILES string of the molecule is CCC[Si@H]1CC[C@H]([C@H]2CC[C@H](CCCCc3ccc(OCC)cc3)CC2)CC1.